The van der Waals surface area contributed by atoms with Crippen LogP contribution in [0.15, 0.2) is 0 Å². The highest BCUT2D eigenvalue weighted by Gasteiger charge is 2.07. The van der Waals surface area contributed by atoms with Gasteiger partial charge in [0, 0.05) is 6.42 Å². The van der Waals surface area contributed by atoms with Gasteiger partial charge in [-0.3, -0.25) is 9.59 Å². The highest BCUT2D eigenvalue weighted by atomic mass is 31.0. The first-order valence-corrected chi connectivity index (χ1v) is 7.96. The van der Waals surface area contributed by atoms with Crippen LogP contribution in [0.5, 0.6) is 0 Å². The van der Waals surface area contributed by atoms with E-state index in [4.69, 9.17) is 0 Å². The molecule has 0 aliphatic carbocycles. The van der Waals surface area contributed by atoms with E-state index < -0.39 is 5.97 Å². The molecule has 1 atom stereocenters. The van der Waals surface area contributed by atoms with Crippen LogP contribution in [0, 0.1) is 0 Å². The molecule has 0 aromatic rings. The Hall–Kier alpha value is -0.430. The summed E-state index contributed by atoms with van der Waals surface area (Å²) in [6.45, 7) is 2.22. The minimum atomic E-state index is -0.457. The lowest BCUT2D eigenvalue weighted by Gasteiger charge is -2.02. The van der Waals surface area contributed by atoms with Crippen molar-refractivity contribution in [2.24, 2.45) is 0 Å². The second kappa shape index (κ2) is 13.0. The van der Waals surface area contributed by atoms with E-state index in [0.29, 0.717) is 6.42 Å². The van der Waals surface area contributed by atoms with E-state index in [0.717, 1.165) is 12.8 Å². The SMILES string of the molecule is CCCCCCCCCCCC(=O)OC(=O)CP. The number of hydrogen-bond donors (Lipinski definition) is 0. The average Bonchev–Trinajstić information content (AvgIpc) is 2.36. The Morgan fingerprint density at radius 3 is 1.83 bits per heavy atom. The molecule has 0 fully saturated rings. The molecule has 0 rings (SSSR count). The lowest BCUT2D eigenvalue weighted by molar-refractivity contribution is -0.157. The predicted molar refractivity (Wildman–Crippen MR) is 77.5 cm³/mol. The van der Waals surface area contributed by atoms with E-state index in [1.54, 1.807) is 0 Å². The molecular formula is C14H27O3P. The Morgan fingerprint density at radius 2 is 1.33 bits per heavy atom. The van der Waals surface area contributed by atoms with E-state index >= 15 is 0 Å². The van der Waals surface area contributed by atoms with Crippen molar-refractivity contribution in [3.63, 3.8) is 0 Å². The molecule has 3 nitrogen and oxygen atoms in total. The van der Waals surface area contributed by atoms with Crippen LogP contribution >= 0.6 is 9.24 Å². The van der Waals surface area contributed by atoms with Crippen molar-refractivity contribution in [2.75, 3.05) is 6.16 Å². The lowest BCUT2D eigenvalue weighted by Crippen LogP contribution is -2.12. The predicted octanol–water partition coefficient (Wildman–Crippen LogP) is 3.85. The summed E-state index contributed by atoms with van der Waals surface area (Å²) in [4.78, 5) is 22.0. The van der Waals surface area contributed by atoms with E-state index in [1.165, 1.54) is 44.9 Å². The molecule has 106 valence electrons. The number of ether oxygens (including phenoxy) is 1. The van der Waals surface area contributed by atoms with Crippen LogP contribution in [0.3, 0.4) is 0 Å². The first-order valence-electron chi connectivity index (χ1n) is 7.14. The van der Waals surface area contributed by atoms with Crippen molar-refractivity contribution < 1.29 is 14.3 Å². The quantitative estimate of drug-likeness (QED) is 0.249. The second-order valence-corrected chi connectivity index (χ2v) is 5.04. The largest absolute Gasteiger partial charge is 0.393 e. The van der Waals surface area contributed by atoms with Crippen LogP contribution in [0.4, 0.5) is 0 Å². The number of esters is 2. The van der Waals surface area contributed by atoms with Crippen LogP contribution in [0.1, 0.15) is 71.1 Å². The zero-order valence-corrected chi connectivity index (χ0v) is 12.7. The maximum Gasteiger partial charge on any atom is 0.317 e. The molecule has 0 aliphatic heterocycles. The molecule has 0 saturated carbocycles. The number of carbonyl (C=O) groups excluding carboxylic acids is 2. The lowest BCUT2D eigenvalue weighted by atomic mass is 10.1. The Morgan fingerprint density at radius 1 is 0.833 bits per heavy atom. The summed E-state index contributed by atoms with van der Waals surface area (Å²) in [7, 11) is 2.25. The maximum absolute atomic E-state index is 11.2. The molecule has 0 heterocycles. The molecule has 0 amide bonds. The standard InChI is InChI=1S/C14H27O3P/c1-2-3-4-5-6-7-8-9-10-11-13(15)17-14(16)12-18/h2-12,18H2,1H3. The summed E-state index contributed by atoms with van der Waals surface area (Å²) in [6, 6.07) is 0. The molecule has 1 unspecified atom stereocenters. The molecule has 4 heteroatoms. The smallest absolute Gasteiger partial charge is 0.317 e. The van der Waals surface area contributed by atoms with E-state index in [2.05, 4.69) is 20.9 Å². The third-order valence-corrected chi connectivity index (χ3v) is 3.21. The van der Waals surface area contributed by atoms with Gasteiger partial charge < -0.3 is 4.74 Å². The van der Waals surface area contributed by atoms with Crippen LogP contribution < -0.4 is 0 Å². The molecule has 18 heavy (non-hydrogen) atoms. The van der Waals surface area contributed by atoms with Crippen LogP contribution in [-0.2, 0) is 14.3 Å². The monoisotopic (exact) mass is 274 g/mol. The van der Waals surface area contributed by atoms with E-state index in [9.17, 15) is 9.59 Å². The van der Waals surface area contributed by atoms with Gasteiger partial charge in [0.25, 0.3) is 0 Å². The van der Waals surface area contributed by atoms with E-state index in [1.807, 2.05) is 0 Å². The molecule has 0 aromatic heterocycles. The summed E-state index contributed by atoms with van der Waals surface area (Å²) in [5.74, 6) is -0.841. The summed E-state index contributed by atoms with van der Waals surface area (Å²) in [6.07, 6.45) is 11.5. The van der Waals surface area contributed by atoms with Crippen molar-refractivity contribution in [3.8, 4) is 0 Å². The molecule has 0 bridgehead atoms. The van der Waals surface area contributed by atoms with Gasteiger partial charge >= 0.3 is 11.9 Å². The number of carbonyl (C=O) groups is 2. The van der Waals surface area contributed by atoms with Crippen LogP contribution in [-0.4, -0.2) is 18.1 Å². The topological polar surface area (TPSA) is 43.4 Å². The van der Waals surface area contributed by atoms with Gasteiger partial charge in [-0.25, -0.2) is 0 Å². The van der Waals surface area contributed by atoms with Gasteiger partial charge in [-0.2, -0.15) is 0 Å². The third kappa shape index (κ3) is 12.0. The summed E-state index contributed by atoms with van der Waals surface area (Å²) in [5.41, 5.74) is 0. The zero-order chi connectivity index (χ0) is 13.6. The fraction of sp³-hybridized carbons (Fsp3) is 0.857. The Balaban J connectivity index is 3.20. The zero-order valence-electron chi connectivity index (χ0n) is 11.6. The minimum Gasteiger partial charge on any atom is -0.393 e. The molecule has 0 aromatic carbocycles. The minimum absolute atomic E-state index is 0.184. The van der Waals surface area contributed by atoms with Gasteiger partial charge in [-0.15, -0.1) is 9.24 Å². The van der Waals surface area contributed by atoms with Gasteiger partial charge in [0.05, 0.1) is 6.16 Å². The Bertz CT molecular complexity index is 229. The van der Waals surface area contributed by atoms with Gasteiger partial charge in [0.15, 0.2) is 0 Å². The van der Waals surface area contributed by atoms with Crippen LogP contribution in [0.25, 0.3) is 0 Å². The van der Waals surface area contributed by atoms with Gasteiger partial charge in [0.1, 0.15) is 0 Å². The summed E-state index contributed by atoms with van der Waals surface area (Å²) in [5, 5.41) is 0. The first kappa shape index (κ1) is 17.6. The Labute approximate surface area is 113 Å². The molecule has 0 N–H and O–H groups in total. The van der Waals surface area contributed by atoms with Crippen LogP contribution in [0.2, 0.25) is 0 Å². The van der Waals surface area contributed by atoms with Gasteiger partial charge in [-0.05, 0) is 6.42 Å². The van der Waals surface area contributed by atoms with Gasteiger partial charge in [0.2, 0.25) is 0 Å². The highest BCUT2D eigenvalue weighted by Crippen LogP contribution is 2.10. The third-order valence-electron chi connectivity index (χ3n) is 2.88. The molecule has 0 aliphatic rings. The maximum atomic E-state index is 11.2. The van der Waals surface area contributed by atoms with Crippen molar-refractivity contribution in [1.82, 2.24) is 0 Å². The number of unbranched alkanes of at least 4 members (excludes halogenated alkanes) is 8. The first-order chi connectivity index (χ1) is 8.70. The molecule has 0 spiro atoms. The molecule has 0 radical (unpaired) electrons. The Kier molecular flexibility index (Phi) is 12.7. The average molecular weight is 274 g/mol. The van der Waals surface area contributed by atoms with Crippen molar-refractivity contribution in [3.05, 3.63) is 0 Å². The molecular weight excluding hydrogens is 247 g/mol. The number of rotatable bonds is 11. The normalized spacial score (nSPS) is 10.3. The number of hydrogen-bond acceptors (Lipinski definition) is 3. The second-order valence-electron chi connectivity index (χ2n) is 4.63. The van der Waals surface area contributed by atoms with Crippen molar-refractivity contribution in [2.45, 2.75) is 71.1 Å². The highest BCUT2D eigenvalue weighted by molar-refractivity contribution is 7.18. The summed E-state index contributed by atoms with van der Waals surface area (Å²) >= 11 is 0. The van der Waals surface area contributed by atoms with Gasteiger partial charge in [-0.1, -0.05) is 58.3 Å². The fourth-order valence-corrected chi connectivity index (χ4v) is 1.88. The van der Waals surface area contributed by atoms with Crippen molar-refractivity contribution in [1.29, 1.82) is 0 Å². The van der Waals surface area contributed by atoms with E-state index in [-0.39, 0.29) is 12.1 Å². The van der Waals surface area contributed by atoms with Crippen molar-refractivity contribution >= 4 is 21.2 Å². The molecule has 0 saturated heterocycles. The summed E-state index contributed by atoms with van der Waals surface area (Å²) < 4.78 is 4.57. The fourth-order valence-electron chi connectivity index (χ4n) is 1.80.